The number of alkyl halides is 2. The third-order valence-electron chi connectivity index (χ3n) is 6.26. The largest absolute Gasteiger partial charge is 0.457 e. The Morgan fingerprint density at radius 3 is 2.71 bits per heavy atom. The van der Waals surface area contributed by atoms with Gasteiger partial charge in [-0.1, -0.05) is 43.6 Å². The highest BCUT2D eigenvalue weighted by molar-refractivity contribution is 7.22. The van der Waals surface area contributed by atoms with Gasteiger partial charge in [0, 0.05) is 23.9 Å². The van der Waals surface area contributed by atoms with Crippen molar-refractivity contribution in [2.75, 3.05) is 5.32 Å². The minimum Gasteiger partial charge on any atom is -0.457 e. The number of hydrogen-bond donors (Lipinski definition) is 1. The molecule has 1 aliphatic carbocycles. The SMILES string of the molecule is CCc1ccc(Oc2ccc3nc(NC4CCCCC4)sc3c2)cc1-c1cnn(CC(F)F)c1. The number of fused-ring (bicyclic) bond motifs is 1. The minimum atomic E-state index is -2.44. The lowest BCUT2D eigenvalue weighted by Gasteiger charge is -2.22. The van der Waals surface area contributed by atoms with Crippen molar-refractivity contribution in [3.05, 3.63) is 54.4 Å². The molecule has 2 aromatic carbocycles. The summed E-state index contributed by atoms with van der Waals surface area (Å²) < 4.78 is 34.0. The Morgan fingerprint density at radius 2 is 1.91 bits per heavy atom. The number of nitrogens with zero attached hydrogens (tertiary/aromatic N) is 3. The van der Waals surface area contributed by atoms with Crippen molar-refractivity contribution in [2.24, 2.45) is 0 Å². The molecule has 4 aromatic rings. The van der Waals surface area contributed by atoms with E-state index in [1.54, 1.807) is 23.7 Å². The number of anilines is 1. The molecule has 8 heteroatoms. The molecular weight excluding hydrogens is 454 g/mol. The van der Waals surface area contributed by atoms with Crippen molar-refractivity contribution >= 4 is 26.7 Å². The fraction of sp³-hybridized carbons (Fsp3) is 0.385. The number of hydrogen-bond acceptors (Lipinski definition) is 5. The molecule has 178 valence electrons. The van der Waals surface area contributed by atoms with E-state index < -0.39 is 13.0 Å². The fourth-order valence-electron chi connectivity index (χ4n) is 4.53. The van der Waals surface area contributed by atoms with Gasteiger partial charge in [0.1, 0.15) is 18.0 Å². The van der Waals surface area contributed by atoms with Gasteiger partial charge in [-0.2, -0.15) is 5.10 Å². The molecule has 1 fully saturated rings. The summed E-state index contributed by atoms with van der Waals surface area (Å²) >= 11 is 1.65. The third-order valence-corrected chi connectivity index (χ3v) is 7.21. The maximum atomic E-state index is 12.7. The summed E-state index contributed by atoms with van der Waals surface area (Å²) in [4.78, 5) is 4.74. The average Bonchev–Trinajstić information content (AvgIpc) is 3.45. The van der Waals surface area contributed by atoms with E-state index in [9.17, 15) is 8.78 Å². The van der Waals surface area contributed by atoms with Gasteiger partial charge in [-0.05, 0) is 54.7 Å². The summed E-state index contributed by atoms with van der Waals surface area (Å²) in [6.45, 7) is 1.66. The molecule has 34 heavy (non-hydrogen) atoms. The Bertz CT molecular complexity index is 1260. The number of nitrogens with one attached hydrogen (secondary N) is 1. The van der Waals surface area contributed by atoms with Gasteiger partial charge < -0.3 is 10.1 Å². The lowest BCUT2D eigenvalue weighted by atomic mass is 9.96. The van der Waals surface area contributed by atoms with Crippen LogP contribution < -0.4 is 10.1 Å². The van der Waals surface area contributed by atoms with E-state index in [-0.39, 0.29) is 0 Å². The van der Waals surface area contributed by atoms with Gasteiger partial charge in [-0.15, -0.1) is 0 Å². The van der Waals surface area contributed by atoms with Gasteiger partial charge >= 0.3 is 0 Å². The molecule has 0 radical (unpaired) electrons. The maximum Gasteiger partial charge on any atom is 0.257 e. The summed E-state index contributed by atoms with van der Waals surface area (Å²) in [5, 5.41) is 8.65. The predicted octanol–water partition coefficient (Wildman–Crippen LogP) is 7.52. The van der Waals surface area contributed by atoms with Gasteiger partial charge in [0.2, 0.25) is 0 Å². The van der Waals surface area contributed by atoms with E-state index in [2.05, 4.69) is 17.3 Å². The highest BCUT2D eigenvalue weighted by atomic mass is 32.1. The number of benzene rings is 2. The minimum absolute atomic E-state index is 0.413. The van der Waals surface area contributed by atoms with Gasteiger partial charge in [-0.25, -0.2) is 13.8 Å². The van der Waals surface area contributed by atoms with E-state index in [1.807, 2.05) is 36.4 Å². The molecule has 0 unspecified atom stereocenters. The second-order valence-electron chi connectivity index (χ2n) is 8.74. The number of halogens is 2. The average molecular weight is 483 g/mol. The summed E-state index contributed by atoms with van der Waals surface area (Å²) in [6, 6.07) is 12.4. The topological polar surface area (TPSA) is 52.0 Å². The van der Waals surface area contributed by atoms with Crippen molar-refractivity contribution in [1.29, 1.82) is 0 Å². The summed E-state index contributed by atoms with van der Waals surface area (Å²) in [7, 11) is 0. The van der Waals surface area contributed by atoms with Crippen molar-refractivity contribution < 1.29 is 13.5 Å². The van der Waals surface area contributed by atoms with Crippen LogP contribution in [0.1, 0.15) is 44.6 Å². The number of thiazole rings is 1. The summed E-state index contributed by atoms with van der Waals surface area (Å²) in [6.07, 6.45) is 7.99. The molecule has 2 aromatic heterocycles. The van der Waals surface area contributed by atoms with Crippen LogP contribution in [0.5, 0.6) is 11.5 Å². The van der Waals surface area contributed by atoms with E-state index in [4.69, 9.17) is 9.72 Å². The van der Waals surface area contributed by atoms with Crippen LogP contribution in [0.3, 0.4) is 0 Å². The molecule has 0 spiro atoms. The molecule has 0 bridgehead atoms. The highest BCUT2D eigenvalue weighted by Crippen LogP contribution is 2.35. The van der Waals surface area contributed by atoms with Crippen LogP contribution >= 0.6 is 11.3 Å². The first-order valence-electron chi connectivity index (χ1n) is 11.9. The molecule has 0 amide bonds. The molecule has 2 heterocycles. The quantitative estimate of drug-likeness (QED) is 0.282. The molecule has 5 nitrogen and oxygen atoms in total. The van der Waals surface area contributed by atoms with Crippen molar-refractivity contribution in [3.8, 4) is 22.6 Å². The molecule has 1 saturated carbocycles. The second kappa shape index (κ2) is 10.1. The van der Waals surface area contributed by atoms with E-state index in [0.29, 0.717) is 11.8 Å². The standard InChI is InChI=1S/C26H28F2N4OS/c1-2-17-8-9-20(12-22(17)18-14-29-32(15-18)16-25(27)28)33-21-10-11-23-24(13-21)34-26(31-23)30-19-6-4-3-5-7-19/h8-15,19,25H,2-7,16H2,1H3,(H,30,31). The number of aryl methyl sites for hydroxylation is 1. The van der Waals surface area contributed by atoms with E-state index in [1.165, 1.54) is 36.8 Å². The van der Waals surface area contributed by atoms with Crippen LogP contribution in [0.2, 0.25) is 0 Å². The first kappa shape index (κ1) is 22.8. The number of rotatable bonds is 8. The highest BCUT2D eigenvalue weighted by Gasteiger charge is 2.16. The lowest BCUT2D eigenvalue weighted by molar-refractivity contribution is 0.122. The molecule has 1 N–H and O–H groups in total. The first-order valence-corrected chi connectivity index (χ1v) is 12.7. The van der Waals surface area contributed by atoms with Crippen LogP contribution in [-0.2, 0) is 13.0 Å². The van der Waals surface area contributed by atoms with Gasteiger partial charge in [0.05, 0.1) is 16.4 Å². The normalized spacial score (nSPS) is 14.7. The Labute approximate surface area is 201 Å². The predicted molar refractivity (Wildman–Crippen MR) is 133 cm³/mol. The maximum absolute atomic E-state index is 12.7. The molecule has 5 rings (SSSR count). The summed E-state index contributed by atoms with van der Waals surface area (Å²) in [5.74, 6) is 1.43. The number of aromatic nitrogens is 3. The van der Waals surface area contributed by atoms with Crippen molar-refractivity contribution in [2.45, 2.75) is 64.5 Å². The van der Waals surface area contributed by atoms with E-state index in [0.717, 1.165) is 44.2 Å². The van der Waals surface area contributed by atoms with Gasteiger partial charge in [0.15, 0.2) is 5.13 Å². The Kier molecular flexibility index (Phi) is 6.76. The Morgan fingerprint density at radius 1 is 1.12 bits per heavy atom. The van der Waals surface area contributed by atoms with E-state index >= 15 is 0 Å². The second-order valence-corrected chi connectivity index (χ2v) is 9.78. The molecular formula is C26H28F2N4OS. The van der Waals surface area contributed by atoms with Gasteiger partial charge in [0.25, 0.3) is 6.43 Å². The fourth-order valence-corrected chi connectivity index (χ4v) is 5.50. The van der Waals surface area contributed by atoms with Crippen molar-refractivity contribution in [3.63, 3.8) is 0 Å². The van der Waals surface area contributed by atoms with Crippen molar-refractivity contribution in [1.82, 2.24) is 14.8 Å². The van der Waals surface area contributed by atoms with Crippen LogP contribution in [0, 0.1) is 0 Å². The first-order chi connectivity index (χ1) is 16.6. The Balaban J connectivity index is 1.35. The van der Waals surface area contributed by atoms with Crippen LogP contribution in [0.25, 0.3) is 21.3 Å². The molecule has 0 aliphatic heterocycles. The Hall–Kier alpha value is -3.00. The zero-order chi connectivity index (χ0) is 23.5. The lowest BCUT2D eigenvalue weighted by Crippen LogP contribution is -2.21. The summed E-state index contributed by atoms with van der Waals surface area (Å²) in [5.41, 5.74) is 3.82. The van der Waals surface area contributed by atoms with Crippen LogP contribution in [-0.4, -0.2) is 27.2 Å². The van der Waals surface area contributed by atoms with Crippen LogP contribution in [0.4, 0.5) is 13.9 Å². The van der Waals surface area contributed by atoms with Gasteiger partial charge in [-0.3, -0.25) is 4.68 Å². The third kappa shape index (κ3) is 5.22. The van der Waals surface area contributed by atoms with Crippen LogP contribution in [0.15, 0.2) is 48.8 Å². The molecule has 1 aliphatic rings. The monoisotopic (exact) mass is 482 g/mol. The molecule has 0 saturated heterocycles. The number of ether oxygens (including phenoxy) is 1. The molecule has 0 atom stereocenters. The zero-order valence-corrected chi connectivity index (χ0v) is 20.0. The smallest absolute Gasteiger partial charge is 0.257 e. The zero-order valence-electron chi connectivity index (χ0n) is 19.1.